The third-order valence-corrected chi connectivity index (χ3v) is 2.49. The lowest BCUT2D eigenvalue weighted by molar-refractivity contribution is 0.316. The van der Waals surface area contributed by atoms with E-state index in [1.54, 1.807) is 6.20 Å². The number of pyridine rings is 1. The number of hydrogen-bond acceptors (Lipinski definition) is 3. The molecular weight excluding hydrogens is 212 g/mol. The van der Waals surface area contributed by atoms with Gasteiger partial charge in [0.15, 0.2) is 0 Å². The van der Waals surface area contributed by atoms with E-state index in [1.807, 2.05) is 19.3 Å². The predicted octanol–water partition coefficient (Wildman–Crippen LogP) is 2.88. The maximum Gasteiger partial charge on any atom is 0.138 e. The Balaban J connectivity index is 2.66. The summed E-state index contributed by atoms with van der Waals surface area (Å²) in [5, 5.41) is 3.13. The summed E-state index contributed by atoms with van der Waals surface area (Å²) < 4.78 is 5.57. The molecule has 0 unspecified atom stereocenters. The highest BCUT2D eigenvalue weighted by Crippen LogP contribution is 2.18. The molecule has 1 aromatic rings. The summed E-state index contributed by atoms with van der Waals surface area (Å²) in [5.74, 6) is 0.853. The molecule has 1 rings (SSSR count). The molecule has 0 atom stereocenters. The van der Waals surface area contributed by atoms with Crippen LogP contribution >= 0.6 is 0 Å². The Hall–Kier alpha value is -1.35. The molecule has 0 radical (unpaired) electrons. The van der Waals surface area contributed by atoms with Gasteiger partial charge in [0.25, 0.3) is 0 Å². The van der Waals surface area contributed by atoms with E-state index in [-0.39, 0.29) is 0 Å². The third kappa shape index (κ3) is 5.00. The molecule has 1 aromatic heterocycles. The number of allylic oxidation sites excluding steroid dienone is 1. The van der Waals surface area contributed by atoms with E-state index in [0.717, 1.165) is 37.3 Å². The highest BCUT2D eigenvalue weighted by molar-refractivity contribution is 5.63. The molecular formula is C14H22N2O. The van der Waals surface area contributed by atoms with Crippen molar-refractivity contribution in [1.29, 1.82) is 0 Å². The fraction of sp³-hybridized carbons (Fsp3) is 0.500. The van der Waals surface area contributed by atoms with Gasteiger partial charge >= 0.3 is 0 Å². The molecule has 0 saturated heterocycles. The predicted molar refractivity (Wildman–Crippen MR) is 72.2 cm³/mol. The van der Waals surface area contributed by atoms with Crippen LogP contribution in [0.25, 0.3) is 5.57 Å². The standard InChI is InChI=1S/C14H22N2O/c1-4-8-17-14-9-13(10-16-11-14)12(2)6-5-7-15-3/h6,9-11,15H,4-5,7-8H2,1-3H3/b12-6+. The number of aromatic nitrogens is 1. The van der Waals surface area contributed by atoms with Gasteiger partial charge in [0.1, 0.15) is 5.75 Å². The molecule has 17 heavy (non-hydrogen) atoms. The van der Waals surface area contributed by atoms with E-state index in [9.17, 15) is 0 Å². The maximum atomic E-state index is 5.57. The minimum absolute atomic E-state index is 0.744. The zero-order chi connectivity index (χ0) is 12.5. The second kappa shape index (κ2) is 7.85. The van der Waals surface area contributed by atoms with Crippen LogP contribution < -0.4 is 10.1 Å². The van der Waals surface area contributed by atoms with Crippen LogP contribution in [0.4, 0.5) is 0 Å². The maximum absolute atomic E-state index is 5.57. The highest BCUT2D eigenvalue weighted by atomic mass is 16.5. The van der Waals surface area contributed by atoms with Gasteiger partial charge in [-0.3, -0.25) is 4.98 Å². The van der Waals surface area contributed by atoms with Crippen molar-refractivity contribution in [3.05, 3.63) is 30.1 Å². The Kier molecular flexibility index (Phi) is 6.33. The first-order valence-electron chi connectivity index (χ1n) is 6.17. The van der Waals surface area contributed by atoms with Crippen molar-refractivity contribution in [2.45, 2.75) is 26.7 Å². The van der Waals surface area contributed by atoms with Gasteiger partial charge in [-0.2, -0.15) is 0 Å². The highest BCUT2D eigenvalue weighted by Gasteiger charge is 1.99. The number of nitrogens with zero attached hydrogens (tertiary/aromatic N) is 1. The van der Waals surface area contributed by atoms with Crippen LogP contribution in [0.5, 0.6) is 5.75 Å². The fourth-order valence-corrected chi connectivity index (χ4v) is 1.48. The second-order valence-corrected chi connectivity index (χ2v) is 4.04. The van der Waals surface area contributed by atoms with Gasteiger partial charge in [-0.1, -0.05) is 13.0 Å². The van der Waals surface area contributed by atoms with Crippen molar-refractivity contribution in [2.24, 2.45) is 0 Å². The Labute approximate surface area is 104 Å². The Bertz CT molecular complexity index is 361. The van der Waals surface area contributed by atoms with Crippen molar-refractivity contribution in [2.75, 3.05) is 20.2 Å². The van der Waals surface area contributed by atoms with Crippen LogP contribution in [0, 0.1) is 0 Å². The molecule has 0 aromatic carbocycles. The van der Waals surface area contributed by atoms with Crippen molar-refractivity contribution in [1.82, 2.24) is 10.3 Å². The molecule has 0 bridgehead atoms. The first-order valence-corrected chi connectivity index (χ1v) is 6.17. The summed E-state index contributed by atoms with van der Waals surface area (Å²) in [6.45, 7) is 5.95. The van der Waals surface area contributed by atoms with Crippen molar-refractivity contribution in [3.63, 3.8) is 0 Å². The minimum Gasteiger partial charge on any atom is -0.492 e. The van der Waals surface area contributed by atoms with Crippen LogP contribution in [-0.2, 0) is 0 Å². The lowest BCUT2D eigenvalue weighted by Gasteiger charge is -2.06. The van der Waals surface area contributed by atoms with E-state index in [0.29, 0.717) is 0 Å². The van der Waals surface area contributed by atoms with Gasteiger partial charge in [-0.15, -0.1) is 0 Å². The molecule has 0 amide bonds. The number of nitrogens with one attached hydrogen (secondary N) is 1. The molecule has 3 nitrogen and oxygen atoms in total. The Morgan fingerprint density at radius 1 is 1.47 bits per heavy atom. The molecule has 0 aliphatic carbocycles. The van der Waals surface area contributed by atoms with Crippen LogP contribution in [0.3, 0.4) is 0 Å². The van der Waals surface area contributed by atoms with Gasteiger partial charge in [0.2, 0.25) is 0 Å². The van der Waals surface area contributed by atoms with Gasteiger partial charge < -0.3 is 10.1 Å². The molecule has 0 aliphatic rings. The first kappa shape index (κ1) is 13.7. The third-order valence-electron chi connectivity index (χ3n) is 2.49. The first-order chi connectivity index (χ1) is 8.27. The van der Waals surface area contributed by atoms with Gasteiger partial charge in [0.05, 0.1) is 12.8 Å². The molecule has 0 aliphatic heterocycles. The summed E-state index contributed by atoms with van der Waals surface area (Å²) in [7, 11) is 1.96. The molecule has 0 fully saturated rings. The van der Waals surface area contributed by atoms with Crippen LogP contribution in [0.1, 0.15) is 32.3 Å². The summed E-state index contributed by atoms with van der Waals surface area (Å²) in [6.07, 6.45) is 7.91. The summed E-state index contributed by atoms with van der Waals surface area (Å²) in [4.78, 5) is 4.21. The van der Waals surface area contributed by atoms with Crippen molar-refractivity contribution >= 4 is 5.57 Å². The fourth-order valence-electron chi connectivity index (χ4n) is 1.48. The Morgan fingerprint density at radius 3 is 3.00 bits per heavy atom. The topological polar surface area (TPSA) is 34.1 Å². The Morgan fingerprint density at radius 2 is 2.29 bits per heavy atom. The van der Waals surface area contributed by atoms with E-state index < -0.39 is 0 Å². The smallest absolute Gasteiger partial charge is 0.138 e. The lowest BCUT2D eigenvalue weighted by Crippen LogP contribution is -2.06. The zero-order valence-corrected chi connectivity index (χ0v) is 11.0. The molecule has 1 heterocycles. The van der Waals surface area contributed by atoms with Crippen LogP contribution in [0.15, 0.2) is 24.5 Å². The average Bonchev–Trinajstić information content (AvgIpc) is 2.37. The van der Waals surface area contributed by atoms with Crippen LogP contribution in [-0.4, -0.2) is 25.2 Å². The van der Waals surface area contributed by atoms with Gasteiger partial charge in [-0.25, -0.2) is 0 Å². The molecule has 0 spiro atoms. The molecule has 1 N–H and O–H groups in total. The van der Waals surface area contributed by atoms with Crippen molar-refractivity contribution < 1.29 is 4.74 Å². The van der Waals surface area contributed by atoms with E-state index in [2.05, 4.69) is 30.2 Å². The molecule has 0 saturated carbocycles. The quantitative estimate of drug-likeness (QED) is 0.737. The second-order valence-electron chi connectivity index (χ2n) is 4.04. The van der Waals surface area contributed by atoms with Gasteiger partial charge in [0, 0.05) is 6.20 Å². The zero-order valence-electron chi connectivity index (χ0n) is 11.0. The average molecular weight is 234 g/mol. The number of ether oxygens (including phenoxy) is 1. The SMILES string of the molecule is CCCOc1cncc(/C(C)=C/CCNC)c1. The summed E-state index contributed by atoms with van der Waals surface area (Å²) in [6, 6.07) is 2.05. The minimum atomic E-state index is 0.744. The van der Waals surface area contributed by atoms with E-state index >= 15 is 0 Å². The largest absolute Gasteiger partial charge is 0.492 e. The molecule has 3 heteroatoms. The van der Waals surface area contributed by atoms with Crippen molar-refractivity contribution in [3.8, 4) is 5.75 Å². The number of rotatable bonds is 7. The molecule has 94 valence electrons. The summed E-state index contributed by atoms with van der Waals surface area (Å²) in [5.41, 5.74) is 2.38. The number of hydrogen-bond donors (Lipinski definition) is 1. The monoisotopic (exact) mass is 234 g/mol. The lowest BCUT2D eigenvalue weighted by atomic mass is 10.1. The van der Waals surface area contributed by atoms with E-state index in [1.165, 1.54) is 5.57 Å². The summed E-state index contributed by atoms with van der Waals surface area (Å²) >= 11 is 0. The normalized spacial score (nSPS) is 11.6. The van der Waals surface area contributed by atoms with Crippen LogP contribution in [0.2, 0.25) is 0 Å². The van der Waals surface area contributed by atoms with Gasteiger partial charge in [-0.05, 0) is 50.6 Å². The van der Waals surface area contributed by atoms with E-state index in [4.69, 9.17) is 4.74 Å².